The molecule has 2 aromatic heterocycles. The van der Waals surface area contributed by atoms with Crippen molar-refractivity contribution in [3.63, 3.8) is 0 Å². The van der Waals surface area contributed by atoms with Crippen LogP contribution in [-0.2, 0) is 49.7 Å². The first kappa shape index (κ1) is 60.4. The maximum absolute atomic E-state index is 6.40. The van der Waals surface area contributed by atoms with Crippen molar-refractivity contribution in [2.75, 3.05) is 124 Å². The van der Waals surface area contributed by atoms with E-state index in [1.807, 2.05) is 39.8 Å². The van der Waals surface area contributed by atoms with Crippen LogP contribution in [0.3, 0.4) is 0 Å². The molecule has 7 aromatic carbocycles. The van der Waals surface area contributed by atoms with E-state index in [9.17, 15) is 0 Å². The molecule has 0 spiro atoms. The largest absolute Gasteiger partial charge is 0.491 e. The predicted molar refractivity (Wildman–Crippen MR) is 345 cm³/mol. The molecule has 0 radical (unpaired) electrons. The van der Waals surface area contributed by atoms with Gasteiger partial charge in [0.05, 0.1) is 82.6 Å². The summed E-state index contributed by atoms with van der Waals surface area (Å²) < 4.78 is 63.5. The Hall–Kier alpha value is -7.30. The lowest BCUT2D eigenvalue weighted by Gasteiger charge is -2.34. The quantitative estimate of drug-likeness (QED) is 0.0355. The van der Waals surface area contributed by atoms with Gasteiger partial charge < -0.3 is 61.4 Å². The Morgan fingerprint density at radius 2 is 0.860 bits per heavy atom. The van der Waals surface area contributed by atoms with Gasteiger partial charge in [-0.25, -0.2) is 0 Å². The van der Waals surface area contributed by atoms with Gasteiger partial charge in [0, 0.05) is 101 Å². The number of aromatic nitrogens is 2. The van der Waals surface area contributed by atoms with E-state index in [1.54, 1.807) is 0 Å². The molecule has 0 atom stereocenters. The van der Waals surface area contributed by atoms with Gasteiger partial charge in [0.1, 0.15) is 24.7 Å². The summed E-state index contributed by atoms with van der Waals surface area (Å²) in [5.74, 6) is 1.60. The minimum Gasteiger partial charge on any atom is -0.491 e. The number of hydrogen-bond acceptors (Lipinski definition) is 11. The van der Waals surface area contributed by atoms with Gasteiger partial charge in [-0.1, -0.05) is 60.7 Å². The van der Waals surface area contributed by atoms with E-state index in [1.165, 1.54) is 44.3 Å². The van der Waals surface area contributed by atoms with Crippen LogP contribution in [0.25, 0.3) is 61.3 Å². The van der Waals surface area contributed by atoms with Crippen LogP contribution in [0.4, 0.5) is 17.1 Å². The first-order valence-corrected chi connectivity index (χ1v) is 31.0. The second-order valence-electron chi connectivity index (χ2n) is 21.5. The molecule has 0 saturated carbocycles. The van der Waals surface area contributed by atoms with E-state index >= 15 is 0 Å². The first-order chi connectivity index (χ1) is 42.5. The average molecular weight is 1160 g/mol. The first-order valence-electron chi connectivity index (χ1n) is 31.0. The van der Waals surface area contributed by atoms with Gasteiger partial charge in [0.25, 0.3) is 0 Å². The molecule has 0 N–H and O–H groups in total. The zero-order valence-corrected chi connectivity index (χ0v) is 50.6. The molecule has 9 aromatic rings. The molecule has 86 heavy (non-hydrogen) atoms. The topological polar surface area (TPSA) is 105 Å². The van der Waals surface area contributed by atoms with E-state index in [-0.39, 0.29) is 0 Å². The summed E-state index contributed by atoms with van der Waals surface area (Å²) >= 11 is 0. The third kappa shape index (κ3) is 13.5. The van der Waals surface area contributed by atoms with Gasteiger partial charge >= 0.3 is 0 Å². The summed E-state index contributed by atoms with van der Waals surface area (Å²) in [6, 6.07) is 55.6. The number of ether oxygens (including phenoxy) is 10. The van der Waals surface area contributed by atoms with Crippen molar-refractivity contribution in [3.05, 3.63) is 180 Å². The standard InChI is InChI=1S/C73H83N3O10/c1-5-77-39-43-81-37-35-73(36-38-82-44-40-78-6-2)67-18-12-9-15-61(67)62-32-25-58(53-68(62)73)74(56-26-33-71-65(51-56)63-16-10-13-19-69(63)75(71)54-21-28-59(29-22-54)85-49-47-83-45-41-79-7-3)57-27-34-72-66(52-57)64-17-11-14-20-70(64)76(72)55-23-30-60(31-24-55)86-50-48-84-46-42-80-8-4/h9-13,15-19,21-34,51-53H,5-8,14,20,35-50H2,1-4H3. The monoisotopic (exact) mass is 1160 g/mol. The van der Waals surface area contributed by atoms with Crippen LogP contribution in [0.15, 0.2) is 158 Å². The second-order valence-corrected chi connectivity index (χ2v) is 21.5. The fraction of sp³-hybridized carbons (Fsp3) is 0.370. The molecule has 2 aliphatic rings. The zero-order chi connectivity index (χ0) is 58.9. The Labute approximate surface area is 506 Å². The van der Waals surface area contributed by atoms with E-state index in [0.717, 1.165) is 87.6 Å². The summed E-state index contributed by atoms with van der Waals surface area (Å²) in [5, 5.41) is 3.51. The van der Waals surface area contributed by atoms with Crippen molar-refractivity contribution in [3.8, 4) is 34.0 Å². The van der Waals surface area contributed by atoms with Crippen molar-refractivity contribution in [2.24, 2.45) is 0 Å². The third-order valence-electron chi connectivity index (χ3n) is 16.4. The number of anilines is 3. The number of hydrogen-bond donors (Lipinski definition) is 0. The van der Waals surface area contributed by atoms with Crippen LogP contribution in [0, 0.1) is 0 Å². The summed E-state index contributed by atoms with van der Waals surface area (Å²) in [6.45, 7) is 18.2. The van der Waals surface area contributed by atoms with Gasteiger partial charge in [-0.2, -0.15) is 0 Å². The second kappa shape index (κ2) is 29.9. The molecule has 0 aliphatic heterocycles. The van der Waals surface area contributed by atoms with Gasteiger partial charge in [-0.3, -0.25) is 0 Å². The van der Waals surface area contributed by atoms with Gasteiger partial charge in [-0.05, 0) is 179 Å². The summed E-state index contributed by atoms with van der Waals surface area (Å²) in [7, 11) is 0. The number of para-hydroxylation sites is 1. The molecule has 0 bridgehead atoms. The van der Waals surface area contributed by atoms with Crippen LogP contribution < -0.4 is 14.4 Å². The van der Waals surface area contributed by atoms with E-state index < -0.39 is 5.41 Å². The lowest BCUT2D eigenvalue weighted by atomic mass is 9.73. The molecular formula is C73H83N3O10. The Morgan fingerprint density at radius 3 is 1.47 bits per heavy atom. The molecule has 0 fully saturated rings. The molecule has 0 unspecified atom stereocenters. The van der Waals surface area contributed by atoms with Crippen molar-refractivity contribution in [2.45, 2.75) is 58.8 Å². The highest BCUT2D eigenvalue weighted by molar-refractivity contribution is 6.11. The Kier molecular flexibility index (Phi) is 21.0. The van der Waals surface area contributed by atoms with Crippen LogP contribution in [0.2, 0.25) is 0 Å². The molecule has 2 aliphatic carbocycles. The number of rotatable bonds is 35. The van der Waals surface area contributed by atoms with E-state index in [4.69, 9.17) is 47.4 Å². The van der Waals surface area contributed by atoms with Gasteiger partial charge in [-0.15, -0.1) is 0 Å². The highest BCUT2D eigenvalue weighted by Gasteiger charge is 2.43. The predicted octanol–water partition coefficient (Wildman–Crippen LogP) is 15.2. The third-order valence-corrected chi connectivity index (χ3v) is 16.4. The van der Waals surface area contributed by atoms with Crippen LogP contribution >= 0.6 is 0 Å². The highest BCUT2D eigenvalue weighted by Crippen LogP contribution is 2.55. The van der Waals surface area contributed by atoms with Crippen LogP contribution in [0.5, 0.6) is 11.5 Å². The fourth-order valence-electron chi connectivity index (χ4n) is 12.5. The van der Waals surface area contributed by atoms with Crippen molar-refractivity contribution < 1.29 is 47.4 Å². The van der Waals surface area contributed by atoms with Crippen LogP contribution in [-0.4, -0.2) is 128 Å². The summed E-state index contributed by atoms with van der Waals surface area (Å²) in [6.07, 6.45) is 8.08. The van der Waals surface area contributed by atoms with E-state index in [2.05, 4.69) is 166 Å². The Balaban J connectivity index is 1.00. The van der Waals surface area contributed by atoms with Gasteiger partial charge in [0.2, 0.25) is 0 Å². The number of benzene rings is 7. The number of fused-ring (bicyclic) bond motifs is 9. The molecule has 11 rings (SSSR count). The SMILES string of the molecule is CCOCCOCCOc1ccc(-n2c3c(c4cc(N(c5ccc6c(c5)C(CCOCCOCC)(CCOCCOCC)c5ccccc5-6)c5ccc6c(c5)c5ccccc5n6-c5ccc(OCCOCCOCC)cc5)ccc42)C=CCC3)cc1. The highest BCUT2D eigenvalue weighted by atomic mass is 16.6. The minimum absolute atomic E-state index is 0.399. The minimum atomic E-state index is -0.399. The molecule has 0 amide bonds. The molecule has 450 valence electrons. The molecule has 13 nitrogen and oxygen atoms in total. The van der Waals surface area contributed by atoms with Crippen molar-refractivity contribution >= 4 is 55.8 Å². The van der Waals surface area contributed by atoms with Crippen molar-refractivity contribution in [1.82, 2.24) is 9.13 Å². The van der Waals surface area contributed by atoms with Crippen molar-refractivity contribution in [1.29, 1.82) is 0 Å². The Morgan fingerprint density at radius 1 is 0.395 bits per heavy atom. The summed E-state index contributed by atoms with van der Waals surface area (Å²) in [5.41, 5.74) is 15.9. The van der Waals surface area contributed by atoms with E-state index in [0.29, 0.717) is 119 Å². The van der Waals surface area contributed by atoms with Gasteiger partial charge in [0.15, 0.2) is 0 Å². The smallest absolute Gasteiger partial charge is 0.119 e. The lowest BCUT2D eigenvalue weighted by Crippen LogP contribution is -2.30. The molecular weight excluding hydrogens is 1080 g/mol. The maximum atomic E-state index is 6.40. The summed E-state index contributed by atoms with van der Waals surface area (Å²) in [4.78, 5) is 2.46. The lowest BCUT2D eigenvalue weighted by molar-refractivity contribution is 0.0356. The molecule has 0 saturated heterocycles. The average Bonchev–Trinajstić information content (AvgIpc) is 1.70. The fourth-order valence-corrected chi connectivity index (χ4v) is 12.5. The number of nitrogens with zero attached hydrogens (tertiary/aromatic N) is 3. The Bertz CT molecular complexity index is 3650. The molecule has 2 heterocycles. The normalized spacial score (nSPS) is 13.2. The number of allylic oxidation sites excluding steroid dienone is 1. The maximum Gasteiger partial charge on any atom is 0.119 e. The zero-order valence-electron chi connectivity index (χ0n) is 50.6. The molecule has 13 heteroatoms. The van der Waals surface area contributed by atoms with Crippen LogP contribution in [0.1, 0.15) is 69.3 Å².